The second kappa shape index (κ2) is 7.74. The number of hydrazone groups is 1. The Kier molecular flexibility index (Phi) is 5.14. The van der Waals surface area contributed by atoms with E-state index in [-0.39, 0.29) is 11.3 Å². The van der Waals surface area contributed by atoms with E-state index in [9.17, 15) is 4.79 Å². The van der Waals surface area contributed by atoms with Crippen molar-refractivity contribution in [1.82, 2.24) is 15.4 Å². The number of carbonyl (C=O) groups excluding carboxylic acids is 1. The molecule has 0 aliphatic heterocycles. The van der Waals surface area contributed by atoms with Crippen LogP contribution in [0.5, 0.6) is 0 Å². The lowest BCUT2D eigenvalue weighted by Crippen LogP contribution is -2.30. The molecule has 1 amide bonds. The van der Waals surface area contributed by atoms with Crippen molar-refractivity contribution in [1.29, 1.82) is 0 Å². The van der Waals surface area contributed by atoms with Crippen molar-refractivity contribution in [3.8, 4) is 11.3 Å². The Morgan fingerprint density at radius 3 is 2.79 bits per heavy atom. The van der Waals surface area contributed by atoms with Crippen LogP contribution in [0.4, 0.5) is 0 Å². The van der Waals surface area contributed by atoms with Crippen LogP contribution >= 0.6 is 0 Å². The van der Waals surface area contributed by atoms with Crippen molar-refractivity contribution in [3.05, 3.63) is 60.4 Å². The lowest BCUT2D eigenvalue weighted by Gasteiger charge is -2.34. The summed E-state index contributed by atoms with van der Waals surface area (Å²) >= 11 is 0. The number of hydrogen-bond acceptors (Lipinski definition) is 4. The second-order valence-corrected chi connectivity index (χ2v) is 8.79. The van der Waals surface area contributed by atoms with Crippen LogP contribution in [0.1, 0.15) is 50.4 Å². The average Bonchev–Trinajstić information content (AvgIpc) is 2.70. The first-order valence-corrected chi connectivity index (χ1v) is 10.1. The zero-order valence-electron chi connectivity index (χ0n) is 17.1. The monoisotopic (exact) mass is 386 g/mol. The number of rotatable bonds is 3. The molecule has 3 aromatic rings. The van der Waals surface area contributed by atoms with Gasteiger partial charge in [-0.15, -0.1) is 0 Å². The van der Waals surface area contributed by atoms with Gasteiger partial charge in [0.2, 0.25) is 0 Å². The summed E-state index contributed by atoms with van der Waals surface area (Å²) < 4.78 is 0. The number of pyridine rings is 2. The fourth-order valence-electron chi connectivity index (χ4n) is 4.42. The lowest BCUT2D eigenvalue weighted by atomic mass is 9.72. The van der Waals surface area contributed by atoms with E-state index < -0.39 is 0 Å². The van der Waals surface area contributed by atoms with Gasteiger partial charge in [-0.3, -0.25) is 9.78 Å². The summed E-state index contributed by atoms with van der Waals surface area (Å²) in [6.45, 7) is 6.77. The van der Waals surface area contributed by atoms with E-state index in [1.807, 2.05) is 42.5 Å². The summed E-state index contributed by atoms with van der Waals surface area (Å²) in [5.41, 5.74) is 7.04. The van der Waals surface area contributed by atoms with Crippen LogP contribution in [-0.4, -0.2) is 21.6 Å². The van der Waals surface area contributed by atoms with E-state index in [4.69, 9.17) is 4.98 Å². The Hall–Kier alpha value is -3.08. The third-order valence-electron chi connectivity index (χ3n) is 5.40. The molecule has 1 N–H and O–H groups in total. The van der Waals surface area contributed by atoms with E-state index in [0.717, 1.165) is 40.7 Å². The fourth-order valence-corrected chi connectivity index (χ4v) is 4.42. The summed E-state index contributed by atoms with van der Waals surface area (Å²) in [5, 5.41) is 5.31. The van der Waals surface area contributed by atoms with Gasteiger partial charge in [0, 0.05) is 29.1 Å². The Labute approximate surface area is 171 Å². The summed E-state index contributed by atoms with van der Waals surface area (Å²) in [4.78, 5) is 21.9. The minimum atomic E-state index is -0.211. The predicted molar refractivity (Wildman–Crippen MR) is 117 cm³/mol. The quantitative estimate of drug-likeness (QED) is 0.627. The first kappa shape index (κ1) is 19.2. The molecule has 1 fully saturated rings. The Bertz CT molecular complexity index is 1070. The number of para-hydroxylation sites is 1. The molecule has 1 unspecified atom stereocenters. The maximum absolute atomic E-state index is 13.1. The molecule has 1 atom stereocenters. The predicted octanol–water partition coefficient (Wildman–Crippen LogP) is 5.23. The third kappa shape index (κ3) is 4.34. The minimum absolute atomic E-state index is 0.211. The van der Waals surface area contributed by atoms with Crippen LogP contribution in [0.15, 0.2) is 60.0 Å². The normalized spacial score (nSPS) is 20.0. The van der Waals surface area contributed by atoms with E-state index in [1.165, 1.54) is 6.42 Å². The van der Waals surface area contributed by atoms with Crippen LogP contribution in [-0.2, 0) is 0 Å². The van der Waals surface area contributed by atoms with E-state index in [0.29, 0.717) is 11.5 Å². The minimum Gasteiger partial charge on any atom is -0.267 e. The average molecular weight is 386 g/mol. The van der Waals surface area contributed by atoms with Gasteiger partial charge in [-0.1, -0.05) is 39.0 Å². The Morgan fingerprint density at radius 2 is 2.03 bits per heavy atom. The van der Waals surface area contributed by atoms with Gasteiger partial charge >= 0.3 is 0 Å². The van der Waals surface area contributed by atoms with Gasteiger partial charge in [-0.05, 0) is 54.9 Å². The van der Waals surface area contributed by atoms with Crippen molar-refractivity contribution in [3.63, 3.8) is 0 Å². The molecular formula is C24H26N4O. The highest BCUT2D eigenvalue weighted by atomic mass is 16.2. The molecular weight excluding hydrogens is 360 g/mol. The zero-order chi connectivity index (χ0) is 20.4. The fraction of sp³-hybridized carbons (Fsp3) is 0.333. The van der Waals surface area contributed by atoms with Crippen molar-refractivity contribution in [2.45, 2.75) is 40.0 Å². The number of carbonyl (C=O) groups is 1. The molecule has 0 bridgehead atoms. The smallest absolute Gasteiger partial charge is 0.267 e. The molecule has 148 valence electrons. The van der Waals surface area contributed by atoms with Gasteiger partial charge in [0.25, 0.3) is 5.91 Å². The van der Waals surface area contributed by atoms with Gasteiger partial charge < -0.3 is 0 Å². The first-order chi connectivity index (χ1) is 13.9. The van der Waals surface area contributed by atoms with Gasteiger partial charge in [-0.25, -0.2) is 10.4 Å². The standard InChI is InChI=1S/C24H26N4O/c1-16-11-18(14-24(2,3)13-16)27-28-23(29)20-12-22(17-7-6-10-25-15-17)26-21-9-5-4-8-19(20)21/h4-10,12,15-16H,11,13-14H2,1-3H3,(H,28,29). The Balaban J connectivity index is 1.67. The first-order valence-electron chi connectivity index (χ1n) is 10.1. The van der Waals surface area contributed by atoms with Crippen molar-refractivity contribution in [2.75, 3.05) is 0 Å². The van der Waals surface area contributed by atoms with Crippen LogP contribution < -0.4 is 5.43 Å². The topological polar surface area (TPSA) is 67.2 Å². The van der Waals surface area contributed by atoms with Crippen LogP contribution in [0.3, 0.4) is 0 Å². The summed E-state index contributed by atoms with van der Waals surface area (Å²) in [7, 11) is 0. The highest BCUT2D eigenvalue weighted by Gasteiger charge is 2.29. The molecule has 1 aromatic carbocycles. The SMILES string of the molecule is CC1CC(=NNC(=O)c2cc(-c3cccnc3)nc3ccccc23)CC(C)(C)C1. The van der Waals surface area contributed by atoms with E-state index in [1.54, 1.807) is 12.4 Å². The highest BCUT2D eigenvalue weighted by molar-refractivity contribution is 6.07. The molecule has 4 rings (SSSR count). The maximum atomic E-state index is 13.1. The molecule has 1 saturated carbocycles. The molecule has 1 aliphatic carbocycles. The summed E-state index contributed by atoms with van der Waals surface area (Å²) in [6, 6.07) is 13.3. The zero-order valence-corrected chi connectivity index (χ0v) is 17.1. The number of nitrogens with zero attached hydrogens (tertiary/aromatic N) is 3. The van der Waals surface area contributed by atoms with Crippen LogP contribution in [0, 0.1) is 11.3 Å². The summed E-state index contributed by atoms with van der Waals surface area (Å²) in [6.07, 6.45) is 6.51. The van der Waals surface area contributed by atoms with Crippen molar-refractivity contribution in [2.24, 2.45) is 16.4 Å². The van der Waals surface area contributed by atoms with Gasteiger partial charge in [0.1, 0.15) is 0 Å². The maximum Gasteiger partial charge on any atom is 0.272 e. The molecule has 0 saturated heterocycles. The van der Waals surface area contributed by atoms with E-state index in [2.05, 4.69) is 36.3 Å². The number of benzene rings is 1. The second-order valence-electron chi connectivity index (χ2n) is 8.79. The number of hydrogen-bond donors (Lipinski definition) is 1. The third-order valence-corrected chi connectivity index (χ3v) is 5.40. The van der Waals surface area contributed by atoms with Crippen molar-refractivity contribution >= 4 is 22.5 Å². The number of fused-ring (bicyclic) bond motifs is 1. The number of amides is 1. The molecule has 1 aliphatic rings. The largest absolute Gasteiger partial charge is 0.272 e. The van der Waals surface area contributed by atoms with Crippen LogP contribution in [0.2, 0.25) is 0 Å². The Morgan fingerprint density at radius 1 is 1.21 bits per heavy atom. The lowest BCUT2D eigenvalue weighted by molar-refractivity contribution is 0.0955. The van der Waals surface area contributed by atoms with Crippen LogP contribution in [0.25, 0.3) is 22.2 Å². The molecule has 5 nitrogen and oxygen atoms in total. The van der Waals surface area contributed by atoms with Gasteiger partial charge in [0.05, 0.1) is 16.8 Å². The molecule has 5 heteroatoms. The molecule has 0 radical (unpaired) electrons. The van der Waals surface area contributed by atoms with Gasteiger partial charge in [0.15, 0.2) is 0 Å². The number of aromatic nitrogens is 2. The molecule has 29 heavy (non-hydrogen) atoms. The molecule has 2 heterocycles. The van der Waals surface area contributed by atoms with E-state index >= 15 is 0 Å². The van der Waals surface area contributed by atoms with Gasteiger partial charge in [-0.2, -0.15) is 5.10 Å². The molecule has 0 spiro atoms. The number of nitrogens with one attached hydrogen (secondary N) is 1. The highest BCUT2D eigenvalue weighted by Crippen LogP contribution is 2.36. The van der Waals surface area contributed by atoms with Crippen molar-refractivity contribution < 1.29 is 4.79 Å². The molecule has 2 aromatic heterocycles. The summed E-state index contributed by atoms with van der Waals surface area (Å²) in [5.74, 6) is 0.366.